The molecule has 0 radical (unpaired) electrons. The molecule has 1 aliphatic heterocycles. The number of aliphatic carboxylic acids is 1. The Morgan fingerprint density at radius 2 is 2.14 bits per heavy atom. The first-order valence-electron chi connectivity index (χ1n) is 5.28. The van der Waals surface area contributed by atoms with Gasteiger partial charge in [-0.1, -0.05) is 0 Å². The summed E-state index contributed by atoms with van der Waals surface area (Å²) < 4.78 is 0. The van der Waals surface area contributed by atoms with E-state index in [2.05, 4.69) is 10.2 Å². The second kappa shape index (κ2) is 3.51. The number of carboxylic acid groups (broad SMARTS) is 1. The van der Waals surface area contributed by atoms with E-state index in [9.17, 15) is 4.79 Å². The predicted molar refractivity (Wildman–Crippen MR) is 53.2 cm³/mol. The Balaban J connectivity index is 2.02. The van der Waals surface area contributed by atoms with E-state index in [0.717, 1.165) is 6.54 Å². The van der Waals surface area contributed by atoms with Gasteiger partial charge in [0.15, 0.2) is 0 Å². The molecule has 4 heteroatoms. The number of hydrogen-bond acceptors (Lipinski definition) is 3. The van der Waals surface area contributed by atoms with Gasteiger partial charge < -0.3 is 15.3 Å². The van der Waals surface area contributed by atoms with Gasteiger partial charge in [-0.25, -0.2) is 0 Å². The number of nitrogens with zero attached hydrogens (tertiary/aromatic N) is 1. The van der Waals surface area contributed by atoms with Gasteiger partial charge in [0.2, 0.25) is 0 Å². The molecule has 3 atom stereocenters. The molecule has 80 valence electrons. The van der Waals surface area contributed by atoms with Gasteiger partial charge in [-0.05, 0) is 26.8 Å². The lowest BCUT2D eigenvalue weighted by Gasteiger charge is -2.19. The van der Waals surface area contributed by atoms with Crippen LogP contribution in [0.3, 0.4) is 0 Å². The number of hydrogen-bond donors (Lipinski definition) is 2. The quantitative estimate of drug-likeness (QED) is 0.677. The smallest absolute Gasteiger partial charge is 0.309 e. The molecule has 0 aromatic rings. The van der Waals surface area contributed by atoms with E-state index in [4.69, 9.17) is 5.11 Å². The van der Waals surface area contributed by atoms with Crippen LogP contribution in [0.1, 0.15) is 19.8 Å². The molecule has 0 aromatic heterocycles. The maximum atomic E-state index is 11.1. The van der Waals surface area contributed by atoms with Gasteiger partial charge in [-0.2, -0.15) is 0 Å². The highest BCUT2D eigenvalue weighted by molar-refractivity contribution is 5.72. The van der Waals surface area contributed by atoms with E-state index < -0.39 is 5.97 Å². The number of likely N-dealkylation sites (N-methyl/N-ethyl adjacent to an activating group) is 1. The summed E-state index contributed by atoms with van der Waals surface area (Å²) in [4.78, 5) is 13.2. The zero-order chi connectivity index (χ0) is 10.3. The molecular weight excluding hydrogens is 180 g/mol. The van der Waals surface area contributed by atoms with Crippen LogP contribution in [0.4, 0.5) is 0 Å². The SMILES string of the molecule is CC1C(C(=O)O)C(NC2CC2)CN1C. The molecule has 1 saturated carbocycles. The van der Waals surface area contributed by atoms with Gasteiger partial charge in [-0.3, -0.25) is 4.79 Å². The van der Waals surface area contributed by atoms with E-state index in [1.807, 2.05) is 14.0 Å². The summed E-state index contributed by atoms with van der Waals surface area (Å²) in [6.45, 7) is 2.85. The maximum absolute atomic E-state index is 11.1. The summed E-state index contributed by atoms with van der Waals surface area (Å²) in [5, 5.41) is 12.6. The first-order valence-corrected chi connectivity index (χ1v) is 5.28. The van der Waals surface area contributed by atoms with Crippen molar-refractivity contribution >= 4 is 5.97 Å². The summed E-state index contributed by atoms with van der Waals surface area (Å²) in [5.74, 6) is -0.916. The fourth-order valence-corrected chi connectivity index (χ4v) is 2.29. The van der Waals surface area contributed by atoms with Crippen LogP contribution in [0.2, 0.25) is 0 Å². The zero-order valence-corrected chi connectivity index (χ0v) is 8.73. The van der Waals surface area contributed by atoms with Crippen LogP contribution in [0.25, 0.3) is 0 Å². The van der Waals surface area contributed by atoms with Crippen LogP contribution in [0.5, 0.6) is 0 Å². The summed E-state index contributed by atoms with van der Waals surface area (Å²) >= 11 is 0. The van der Waals surface area contributed by atoms with E-state index >= 15 is 0 Å². The van der Waals surface area contributed by atoms with E-state index in [1.165, 1.54) is 12.8 Å². The molecule has 14 heavy (non-hydrogen) atoms. The van der Waals surface area contributed by atoms with Crippen LogP contribution in [-0.4, -0.2) is 47.7 Å². The highest BCUT2D eigenvalue weighted by Gasteiger charge is 2.43. The normalized spacial score (nSPS) is 38.9. The molecule has 0 bridgehead atoms. The van der Waals surface area contributed by atoms with Crippen LogP contribution in [0, 0.1) is 5.92 Å². The Bertz CT molecular complexity index is 238. The molecular formula is C10H18N2O2. The Hall–Kier alpha value is -0.610. The second-order valence-electron chi connectivity index (χ2n) is 4.59. The first kappa shape index (κ1) is 9.93. The zero-order valence-electron chi connectivity index (χ0n) is 8.73. The van der Waals surface area contributed by atoms with Crippen molar-refractivity contribution in [3.05, 3.63) is 0 Å². The molecule has 0 spiro atoms. The molecule has 1 aliphatic carbocycles. The molecule has 0 aromatic carbocycles. The topological polar surface area (TPSA) is 52.6 Å². The Labute approximate surface area is 84.3 Å². The lowest BCUT2D eigenvalue weighted by molar-refractivity contribution is -0.142. The predicted octanol–water partition coefficient (Wildman–Crippen LogP) is 0.142. The van der Waals surface area contributed by atoms with Crippen molar-refractivity contribution in [2.45, 2.75) is 37.9 Å². The van der Waals surface area contributed by atoms with Gasteiger partial charge in [0, 0.05) is 24.7 Å². The van der Waals surface area contributed by atoms with E-state index in [1.54, 1.807) is 0 Å². The highest BCUT2D eigenvalue weighted by atomic mass is 16.4. The fourth-order valence-electron chi connectivity index (χ4n) is 2.29. The third-order valence-electron chi connectivity index (χ3n) is 3.45. The lowest BCUT2D eigenvalue weighted by Crippen LogP contribution is -2.42. The largest absolute Gasteiger partial charge is 0.481 e. The van der Waals surface area contributed by atoms with Crippen molar-refractivity contribution in [3.8, 4) is 0 Å². The van der Waals surface area contributed by atoms with Crippen LogP contribution in [-0.2, 0) is 4.79 Å². The van der Waals surface area contributed by atoms with Gasteiger partial charge in [0.1, 0.15) is 0 Å². The van der Waals surface area contributed by atoms with Crippen molar-refractivity contribution in [1.29, 1.82) is 0 Å². The van der Waals surface area contributed by atoms with Gasteiger partial charge >= 0.3 is 5.97 Å². The minimum Gasteiger partial charge on any atom is -0.481 e. The standard InChI is InChI=1S/C10H18N2O2/c1-6-9(10(13)14)8(5-12(6)2)11-7-3-4-7/h6-9,11H,3-5H2,1-2H3,(H,13,14). The molecule has 1 saturated heterocycles. The average molecular weight is 198 g/mol. The first-order chi connectivity index (χ1) is 6.59. The monoisotopic (exact) mass is 198 g/mol. The Kier molecular flexibility index (Phi) is 2.49. The number of carbonyl (C=O) groups is 1. The minimum atomic E-state index is -0.667. The second-order valence-corrected chi connectivity index (χ2v) is 4.59. The molecule has 4 nitrogen and oxygen atoms in total. The fraction of sp³-hybridized carbons (Fsp3) is 0.900. The van der Waals surface area contributed by atoms with Gasteiger partial charge in [0.25, 0.3) is 0 Å². The third-order valence-corrected chi connectivity index (χ3v) is 3.45. The summed E-state index contributed by atoms with van der Waals surface area (Å²) in [5.41, 5.74) is 0. The number of carboxylic acids is 1. The number of nitrogens with one attached hydrogen (secondary N) is 1. The van der Waals surface area contributed by atoms with Crippen LogP contribution >= 0.6 is 0 Å². The summed E-state index contributed by atoms with van der Waals surface area (Å²) in [6, 6.07) is 0.865. The van der Waals surface area contributed by atoms with Crippen molar-refractivity contribution in [2.24, 2.45) is 5.92 Å². The third kappa shape index (κ3) is 1.77. The maximum Gasteiger partial charge on any atom is 0.309 e. The molecule has 0 amide bonds. The van der Waals surface area contributed by atoms with Crippen molar-refractivity contribution in [3.63, 3.8) is 0 Å². The van der Waals surface area contributed by atoms with Crippen molar-refractivity contribution < 1.29 is 9.90 Å². The minimum absolute atomic E-state index is 0.139. The summed E-state index contributed by atoms with van der Waals surface area (Å²) in [7, 11) is 2.00. The molecule has 2 N–H and O–H groups in total. The van der Waals surface area contributed by atoms with E-state index in [-0.39, 0.29) is 18.0 Å². The van der Waals surface area contributed by atoms with Gasteiger partial charge in [-0.15, -0.1) is 0 Å². The number of likely N-dealkylation sites (tertiary alicyclic amines) is 1. The molecule has 2 rings (SSSR count). The van der Waals surface area contributed by atoms with Gasteiger partial charge in [0.05, 0.1) is 5.92 Å². The molecule has 1 heterocycles. The van der Waals surface area contributed by atoms with Crippen molar-refractivity contribution in [1.82, 2.24) is 10.2 Å². The lowest BCUT2D eigenvalue weighted by atomic mass is 9.97. The highest BCUT2D eigenvalue weighted by Crippen LogP contribution is 2.27. The average Bonchev–Trinajstić information content (AvgIpc) is 2.82. The van der Waals surface area contributed by atoms with Crippen LogP contribution in [0.15, 0.2) is 0 Å². The van der Waals surface area contributed by atoms with E-state index in [0.29, 0.717) is 6.04 Å². The summed E-state index contributed by atoms with van der Waals surface area (Å²) in [6.07, 6.45) is 2.42. The molecule has 2 fully saturated rings. The number of rotatable bonds is 3. The molecule has 3 unspecified atom stereocenters. The van der Waals surface area contributed by atoms with Crippen LogP contribution < -0.4 is 5.32 Å². The van der Waals surface area contributed by atoms with Crippen molar-refractivity contribution in [2.75, 3.05) is 13.6 Å². The Morgan fingerprint density at radius 1 is 1.50 bits per heavy atom. The molecule has 2 aliphatic rings. The Morgan fingerprint density at radius 3 is 2.64 bits per heavy atom.